The number of benzene rings is 1. The van der Waals surface area contributed by atoms with E-state index in [0.29, 0.717) is 35.4 Å². The number of nitrogens with one attached hydrogen (secondary N) is 2. The Bertz CT molecular complexity index is 1310. The van der Waals surface area contributed by atoms with Crippen molar-refractivity contribution in [2.24, 2.45) is 5.73 Å². The highest BCUT2D eigenvalue weighted by atomic mass is 19.1. The lowest BCUT2D eigenvalue weighted by Gasteiger charge is -2.33. The van der Waals surface area contributed by atoms with E-state index < -0.39 is 11.9 Å². The fraction of sp³-hybridized carbons (Fsp3) is 0.182. The van der Waals surface area contributed by atoms with Crippen LogP contribution in [-0.2, 0) is 11.2 Å². The molecule has 1 amide bonds. The lowest BCUT2D eigenvalue weighted by molar-refractivity contribution is -0.382. The Hall–Kier alpha value is -4.01. The number of fused-ring (bicyclic) bond motifs is 2. The molecular formula is C22H20FN6O2+. The van der Waals surface area contributed by atoms with Crippen LogP contribution in [0.1, 0.15) is 34.6 Å². The summed E-state index contributed by atoms with van der Waals surface area (Å²) in [5, 5.41) is 0. The van der Waals surface area contributed by atoms with Gasteiger partial charge in [0.15, 0.2) is 23.6 Å². The second kappa shape index (κ2) is 7.35. The Labute approximate surface area is 176 Å². The number of rotatable bonds is 3. The number of hydrogen-bond acceptors (Lipinski definition) is 5. The number of halogens is 1. The maximum atomic E-state index is 14.2. The molecule has 1 aromatic carbocycles. The Morgan fingerprint density at radius 3 is 3.00 bits per heavy atom. The quantitative estimate of drug-likeness (QED) is 0.495. The summed E-state index contributed by atoms with van der Waals surface area (Å²) in [7, 11) is 0. The van der Waals surface area contributed by atoms with Gasteiger partial charge in [0.1, 0.15) is 11.1 Å². The first-order valence-corrected chi connectivity index (χ1v) is 9.85. The molecule has 4 heterocycles. The summed E-state index contributed by atoms with van der Waals surface area (Å²) in [4.78, 5) is 30.3. The Morgan fingerprint density at radius 2 is 2.26 bits per heavy atom. The van der Waals surface area contributed by atoms with Crippen LogP contribution < -0.4 is 10.7 Å². The predicted octanol–water partition coefficient (Wildman–Crippen LogP) is 2.29. The largest absolute Gasteiger partial charge is 0.435 e. The van der Waals surface area contributed by atoms with E-state index in [-0.39, 0.29) is 17.4 Å². The molecule has 3 aromatic heterocycles. The lowest BCUT2D eigenvalue weighted by Crippen LogP contribution is -2.42. The zero-order chi connectivity index (χ0) is 21.5. The van der Waals surface area contributed by atoms with Crippen LogP contribution in [0.5, 0.6) is 0 Å². The molecule has 0 aliphatic carbocycles. The minimum absolute atomic E-state index is 0.0500. The van der Waals surface area contributed by atoms with Gasteiger partial charge in [-0.25, -0.2) is 19.3 Å². The summed E-state index contributed by atoms with van der Waals surface area (Å²) in [5.74, 6) is -0.612. The number of H-pyrrole nitrogens is 2. The second-order valence-electron chi connectivity index (χ2n) is 7.42. The molecule has 0 bridgehead atoms. The van der Waals surface area contributed by atoms with E-state index in [2.05, 4.69) is 19.9 Å². The van der Waals surface area contributed by atoms with Crippen LogP contribution in [0, 0.1) is 12.7 Å². The first-order chi connectivity index (χ1) is 15.1. The van der Waals surface area contributed by atoms with E-state index >= 15 is 0 Å². The van der Waals surface area contributed by atoms with Crippen LogP contribution in [0.25, 0.3) is 16.7 Å². The molecule has 0 radical (unpaired) electrons. The zero-order valence-corrected chi connectivity index (χ0v) is 16.7. The molecule has 156 valence electrons. The molecule has 5 rings (SSSR count). The smallest absolute Gasteiger partial charge is 0.263 e. The number of nitrogens with zero attached hydrogens (tertiary/aromatic N) is 3. The summed E-state index contributed by atoms with van der Waals surface area (Å²) in [6, 6.07) is 7.53. The van der Waals surface area contributed by atoms with Crippen molar-refractivity contribution in [1.29, 1.82) is 0 Å². The average Bonchev–Trinajstić information content (AvgIpc) is 3.42. The van der Waals surface area contributed by atoms with Gasteiger partial charge in [0.25, 0.3) is 5.91 Å². The van der Waals surface area contributed by atoms with Gasteiger partial charge in [-0.3, -0.25) is 4.79 Å². The van der Waals surface area contributed by atoms with E-state index in [9.17, 15) is 9.18 Å². The molecule has 31 heavy (non-hydrogen) atoms. The predicted molar refractivity (Wildman–Crippen MR) is 110 cm³/mol. The number of aryl methyl sites for hydroxylation is 1. The Kier molecular flexibility index (Phi) is 4.50. The highest BCUT2D eigenvalue weighted by molar-refractivity contribution is 6.18. The first kappa shape index (κ1) is 19.0. The second-order valence-corrected chi connectivity index (χ2v) is 7.42. The number of aromatic nitrogens is 4. The number of carbonyl (C=O) groups excluding carboxylic acids is 1. The number of pyridine rings is 1. The fourth-order valence-electron chi connectivity index (χ4n) is 3.90. The fourth-order valence-corrected chi connectivity index (χ4v) is 3.90. The van der Waals surface area contributed by atoms with Crippen LogP contribution in [0.2, 0.25) is 0 Å². The first-order valence-electron chi connectivity index (χ1n) is 9.85. The summed E-state index contributed by atoms with van der Waals surface area (Å²) < 4.78 is 20.0. The van der Waals surface area contributed by atoms with Crippen molar-refractivity contribution in [3.05, 3.63) is 83.4 Å². The van der Waals surface area contributed by atoms with Gasteiger partial charge in [0.05, 0.1) is 12.0 Å². The highest BCUT2D eigenvalue weighted by Gasteiger charge is 2.39. The molecule has 4 N–H and O–H groups in total. The van der Waals surface area contributed by atoms with Gasteiger partial charge in [-0.15, -0.1) is 0 Å². The Balaban J connectivity index is 1.60. The molecule has 1 aliphatic rings. The third-order valence-electron chi connectivity index (χ3n) is 5.46. The number of amides is 1. The number of oxazole rings is 1. The van der Waals surface area contributed by atoms with E-state index in [0.717, 1.165) is 11.3 Å². The Morgan fingerprint density at radius 1 is 1.39 bits per heavy atom. The standard InChI is InChI=1S/C22H19FN6O2/c1-12-5-6-15(25-10-12)13(9-24)22(30)29-8-7-16-18(27-11-26-16)19(29)21-28-17-4-2-3-14(23)20(17)31-21/h2-6,9-11,19H,7-8,24H2,1H3,(H,26,27)/p+1/b13-9+/t19-/m0/s1. The topological polar surface area (TPSA) is 115 Å². The van der Waals surface area contributed by atoms with Crippen LogP contribution in [0.3, 0.4) is 0 Å². The van der Waals surface area contributed by atoms with Gasteiger partial charge in [-0.05, 0) is 25.1 Å². The van der Waals surface area contributed by atoms with Crippen LogP contribution in [-0.4, -0.2) is 32.3 Å². The molecule has 1 atom stereocenters. The highest BCUT2D eigenvalue weighted by Crippen LogP contribution is 2.36. The lowest BCUT2D eigenvalue weighted by atomic mass is 10.0. The summed E-state index contributed by atoms with van der Waals surface area (Å²) in [5.41, 5.74) is 9.72. The van der Waals surface area contributed by atoms with Crippen LogP contribution >= 0.6 is 0 Å². The summed E-state index contributed by atoms with van der Waals surface area (Å²) in [6.07, 6.45) is 5.24. The molecule has 0 saturated carbocycles. The number of hydrogen-bond donors (Lipinski definition) is 2. The van der Waals surface area contributed by atoms with Crippen molar-refractivity contribution in [3.8, 4) is 0 Å². The average molecular weight is 419 g/mol. The molecule has 0 spiro atoms. The number of nitrogens with two attached hydrogens (primary N) is 1. The molecule has 1 aliphatic heterocycles. The van der Waals surface area contributed by atoms with Gasteiger partial charge >= 0.3 is 0 Å². The summed E-state index contributed by atoms with van der Waals surface area (Å²) >= 11 is 0. The third-order valence-corrected chi connectivity index (χ3v) is 5.46. The number of para-hydroxylation sites is 1. The van der Waals surface area contributed by atoms with Crippen molar-refractivity contribution in [3.63, 3.8) is 0 Å². The third kappa shape index (κ3) is 3.14. The van der Waals surface area contributed by atoms with Crippen LogP contribution in [0.4, 0.5) is 4.39 Å². The number of aromatic amines is 2. The van der Waals surface area contributed by atoms with Crippen molar-refractivity contribution in [2.45, 2.75) is 19.4 Å². The zero-order valence-electron chi connectivity index (χ0n) is 16.7. The van der Waals surface area contributed by atoms with E-state index in [1.807, 2.05) is 13.0 Å². The number of carbonyl (C=O) groups is 1. The molecular weight excluding hydrogens is 399 g/mol. The van der Waals surface area contributed by atoms with Gasteiger partial charge in [0, 0.05) is 36.5 Å². The monoisotopic (exact) mass is 419 g/mol. The minimum atomic E-state index is -0.713. The van der Waals surface area contributed by atoms with Gasteiger partial charge in [0.2, 0.25) is 11.6 Å². The molecule has 9 heteroatoms. The van der Waals surface area contributed by atoms with Crippen molar-refractivity contribution >= 4 is 22.6 Å². The maximum absolute atomic E-state index is 14.2. The summed E-state index contributed by atoms with van der Waals surface area (Å²) in [6.45, 7) is 2.34. The molecule has 0 saturated heterocycles. The van der Waals surface area contributed by atoms with Crippen molar-refractivity contribution < 1.29 is 18.6 Å². The molecule has 0 fully saturated rings. The maximum Gasteiger partial charge on any atom is 0.263 e. The van der Waals surface area contributed by atoms with Crippen LogP contribution in [0.15, 0.2) is 53.5 Å². The number of imidazole rings is 1. The molecule has 4 aromatic rings. The minimum Gasteiger partial charge on any atom is -0.435 e. The van der Waals surface area contributed by atoms with E-state index in [4.69, 9.17) is 10.2 Å². The van der Waals surface area contributed by atoms with E-state index in [1.165, 1.54) is 12.3 Å². The molecule has 8 nitrogen and oxygen atoms in total. The van der Waals surface area contributed by atoms with Crippen molar-refractivity contribution in [2.75, 3.05) is 6.54 Å². The van der Waals surface area contributed by atoms with Gasteiger partial charge in [-0.2, -0.15) is 0 Å². The van der Waals surface area contributed by atoms with Crippen molar-refractivity contribution in [1.82, 2.24) is 19.9 Å². The molecule has 0 unspecified atom stereocenters. The van der Waals surface area contributed by atoms with Gasteiger partial charge in [-0.1, -0.05) is 6.07 Å². The SMILES string of the molecule is Cc1ccc(/C(=C\N)C(=O)N2CCc3[nH]cnc3[C@H]2c2nc3cccc(F)c3o2)[nH+]c1. The van der Waals surface area contributed by atoms with E-state index in [1.54, 1.807) is 35.6 Å². The van der Waals surface area contributed by atoms with Gasteiger partial charge < -0.3 is 20.0 Å². The normalized spacial score (nSPS) is 16.5.